The molecule has 1 heterocycles. The number of rotatable bonds is 11. The number of methoxy groups -OCH3 is 3. The fourth-order valence-corrected chi connectivity index (χ4v) is 4.52. The molecule has 33 heavy (non-hydrogen) atoms. The first kappa shape index (κ1) is 24.7. The van der Waals surface area contributed by atoms with Crippen LogP contribution < -0.4 is 18.9 Å². The van der Waals surface area contributed by atoms with Crippen LogP contribution in [0.4, 0.5) is 0 Å². The fraction of sp³-hybridized carbons (Fsp3) is 0.519. The number of hydrogen-bond donors (Lipinski definition) is 0. The predicted molar refractivity (Wildman–Crippen MR) is 130 cm³/mol. The largest absolute Gasteiger partial charge is 0.494 e. The van der Waals surface area contributed by atoms with Crippen LogP contribution in [-0.4, -0.2) is 51.8 Å². The van der Waals surface area contributed by atoms with Gasteiger partial charge in [0.25, 0.3) is 0 Å². The van der Waals surface area contributed by atoms with E-state index in [4.69, 9.17) is 18.9 Å². The maximum atomic E-state index is 12.8. The van der Waals surface area contributed by atoms with Crippen molar-refractivity contribution < 1.29 is 23.7 Å². The maximum absolute atomic E-state index is 12.8. The Morgan fingerprint density at radius 2 is 1.61 bits per heavy atom. The van der Waals surface area contributed by atoms with Crippen LogP contribution in [0.5, 0.6) is 23.0 Å². The third-order valence-electron chi connectivity index (χ3n) is 6.44. The Morgan fingerprint density at radius 1 is 0.909 bits per heavy atom. The van der Waals surface area contributed by atoms with Gasteiger partial charge >= 0.3 is 0 Å². The molecule has 0 atom stereocenters. The van der Waals surface area contributed by atoms with E-state index >= 15 is 0 Å². The molecule has 0 bridgehead atoms. The normalized spacial score (nSPS) is 14.1. The summed E-state index contributed by atoms with van der Waals surface area (Å²) in [6.45, 7) is 4.38. The summed E-state index contributed by atoms with van der Waals surface area (Å²) in [7, 11) is 4.80. The predicted octanol–water partition coefficient (Wildman–Crippen LogP) is 4.92. The highest BCUT2D eigenvalue weighted by Crippen LogP contribution is 2.40. The van der Waals surface area contributed by atoms with Crippen molar-refractivity contribution in [3.8, 4) is 23.0 Å². The number of nitrogens with zero attached hydrogens (tertiary/aromatic N) is 1. The fourth-order valence-electron chi connectivity index (χ4n) is 4.52. The molecular formula is C27H37NO5. The van der Waals surface area contributed by atoms with Gasteiger partial charge in [0.1, 0.15) is 5.75 Å². The van der Waals surface area contributed by atoms with Crippen molar-refractivity contribution in [2.75, 3.05) is 41.0 Å². The molecule has 1 saturated heterocycles. The average molecular weight is 456 g/mol. The molecule has 180 valence electrons. The molecule has 0 aromatic heterocycles. The zero-order valence-corrected chi connectivity index (χ0v) is 20.4. The van der Waals surface area contributed by atoms with E-state index in [0.717, 1.165) is 43.7 Å². The van der Waals surface area contributed by atoms with E-state index in [-0.39, 0.29) is 5.91 Å². The second-order valence-corrected chi connectivity index (χ2v) is 8.43. The number of ether oxygens (including phenoxy) is 4. The molecule has 1 fully saturated rings. The number of carbonyl (C=O) groups is 1. The lowest BCUT2D eigenvalue weighted by Crippen LogP contribution is -2.38. The average Bonchev–Trinajstić information content (AvgIpc) is 2.86. The lowest BCUT2D eigenvalue weighted by Gasteiger charge is -2.32. The topological polar surface area (TPSA) is 57.2 Å². The number of carbonyl (C=O) groups excluding carboxylic acids is 1. The van der Waals surface area contributed by atoms with Gasteiger partial charge in [-0.3, -0.25) is 4.79 Å². The highest BCUT2D eigenvalue weighted by atomic mass is 16.5. The van der Waals surface area contributed by atoms with Gasteiger partial charge in [0.15, 0.2) is 11.5 Å². The standard InChI is InChI=1S/C27H37NO5/c1-5-33-23-12-8-20(9-13-23)6-7-21-16-18-28(19-17-21)25(29)15-11-22-10-14-24(30-2)27(32-4)26(22)31-3/h8-10,12-14,21H,5-7,11,15-19H2,1-4H3. The van der Waals surface area contributed by atoms with Gasteiger partial charge in [-0.2, -0.15) is 0 Å². The first-order chi connectivity index (χ1) is 16.1. The second kappa shape index (κ2) is 12.4. The number of amides is 1. The Hall–Kier alpha value is -2.89. The first-order valence-corrected chi connectivity index (χ1v) is 11.9. The number of hydrogen-bond acceptors (Lipinski definition) is 5. The van der Waals surface area contributed by atoms with Gasteiger partial charge in [0, 0.05) is 19.5 Å². The molecule has 0 spiro atoms. The van der Waals surface area contributed by atoms with Crippen molar-refractivity contribution in [3.63, 3.8) is 0 Å². The third kappa shape index (κ3) is 6.56. The Balaban J connectivity index is 1.45. The minimum Gasteiger partial charge on any atom is -0.494 e. The summed E-state index contributed by atoms with van der Waals surface area (Å²) in [5.74, 6) is 3.63. The molecule has 2 aromatic carbocycles. The molecule has 1 amide bonds. The van der Waals surface area contributed by atoms with Gasteiger partial charge in [-0.15, -0.1) is 0 Å². The smallest absolute Gasteiger partial charge is 0.222 e. The van der Waals surface area contributed by atoms with E-state index in [1.165, 1.54) is 12.0 Å². The molecule has 1 aliphatic heterocycles. The quantitative estimate of drug-likeness (QED) is 0.482. The van der Waals surface area contributed by atoms with E-state index in [1.807, 2.05) is 36.1 Å². The zero-order chi connectivity index (χ0) is 23.6. The van der Waals surface area contributed by atoms with Crippen molar-refractivity contribution in [1.82, 2.24) is 4.90 Å². The Bertz CT molecular complexity index is 888. The number of benzene rings is 2. The summed E-state index contributed by atoms with van der Waals surface area (Å²) in [6.07, 6.45) is 5.45. The molecule has 0 unspecified atom stereocenters. The summed E-state index contributed by atoms with van der Waals surface area (Å²) >= 11 is 0. The van der Waals surface area contributed by atoms with Gasteiger partial charge in [0.2, 0.25) is 11.7 Å². The lowest BCUT2D eigenvalue weighted by atomic mass is 9.90. The van der Waals surface area contributed by atoms with Gasteiger partial charge in [-0.05, 0) is 74.3 Å². The highest BCUT2D eigenvalue weighted by Gasteiger charge is 2.23. The van der Waals surface area contributed by atoms with Crippen LogP contribution in [0.15, 0.2) is 36.4 Å². The third-order valence-corrected chi connectivity index (χ3v) is 6.44. The van der Waals surface area contributed by atoms with Crippen LogP contribution in [0.3, 0.4) is 0 Å². The van der Waals surface area contributed by atoms with Gasteiger partial charge in [-0.25, -0.2) is 0 Å². The highest BCUT2D eigenvalue weighted by molar-refractivity contribution is 5.76. The summed E-state index contributed by atoms with van der Waals surface area (Å²) in [5.41, 5.74) is 2.30. The van der Waals surface area contributed by atoms with E-state index < -0.39 is 0 Å². The summed E-state index contributed by atoms with van der Waals surface area (Å²) < 4.78 is 21.9. The van der Waals surface area contributed by atoms with Gasteiger partial charge in [-0.1, -0.05) is 18.2 Å². The Kier molecular flexibility index (Phi) is 9.28. The van der Waals surface area contributed by atoms with Crippen LogP contribution in [0, 0.1) is 5.92 Å². The number of piperidine rings is 1. The number of likely N-dealkylation sites (tertiary alicyclic amines) is 1. The summed E-state index contributed by atoms with van der Waals surface area (Å²) in [4.78, 5) is 14.9. The van der Waals surface area contributed by atoms with E-state index in [2.05, 4.69) is 12.1 Å². The van der Waals surface area contributed by atoms with Gasteiger partial charge < -0.3 is 23.8 Å². The van der Waals surface area contributed by atoms with Crippen LogP contribution in [0.1, 0.15) is 43.7 Å². The molecule has 2 aromatic rings. The Morgan fingerprint density at radius 3 is 2.21 bits per heavy atom. The van der Waals surface area contributed by atoms with Crippen LogP contribution in [-0.2, 0) is 17.6 Å². The summed E-state index contributed by atoms with van der Waals surface area (Å²) in [6, 6.07) is 12.2. The molecule has 0 aliphatic carbocycles. The molecule has 6 nitrogen and oxygen atoms in total. The molecule has 0 N–H and O–H groups in total. The molecular weight excluding hydrogens is 418 g/mol. The van der Waals surface area contributed by atoms with Crippen LogP contribution >= 0.6 is 0 Å². The monoisotopic (exact) mass is 455 g/mol. The minimum atomic E-state index is 0.205. The molecule has 6 heteroatoms. The van der Waals surface area contributed by atoms with Crippen LogP contribution in [0.2, 0.25) is 0 Å². The van der Waals surface area contributed by atoms with Crippen molar-refractivity contribution in [3.05, 3.63) is 47.5 Å². The summed E-state index contributed by atoms with van der Waals surface area (Å²) in [5, 5.41) is 0. The minimum absolute atomic E-state index is 0.205. The van der Waals surface area contributed by atoms with Crippen molar-refractivity contribution in [2.45, 2.75) is 45.4 Å². The van der Waals surface area contributed by atoms with Crippen LogP contribution in [0.25, 0.3) is 0 Å². The number of aryl methyl sites for hydroxylation is 2. The van der Waals surface area contributed by atoms with Crippen molar-refractivity contribution in [2.24, 2.45) is 5.92 Å². The molecule has 0 radical (unpaired) electrons. The molecule has 3 rings (SSSR count). The van der Waals surface area contributed by atoms with E-state index in [0.29, 0.717) is 42.6 Å². The van der Waals surface area contributed by atoms with E-state index in [9.17, 15) is 4.79 Å². The SMILES string of the molecule is CCOc1ccc(CCC2CCN(C(=O)CCc3ccc(OC)c(OC)c3OC)CC2)cc1. The Labute approximate surface area is 197 Å². The first-order valence-electron chi connectivity index (χ1n) is 11.9. The lowest BCUT2D eigenvalue weighted by molar-refractivity contribution is -0.132. The van der Waals surface area contributed by atoms with Crippen molar-refractivity contribution >= 4 is 5.91 Å². The second-order valence-electron chi connectivity index (χ2n) is 8.43. The molecule has 0 saturated carbocycles. The zero-order valence-electron chi connectivity index (χ0n) is 20.4. The van der Waals surface area contributed by atoms with Gasteiger partial charge in [0.05, 0.1) is 27.9 Å². The maximum Gasteiger partial charge on any atom is 0.222 e. The van der Waals surface area contributed by atoms with Crippen molar-refractivity contribution in [1.29, 1.82) is 0 Å². The molecule has 1 aliphatic rings. The van der Waals surface area contributed by atoms with E-state index in [1.54, 1.807) is 21.3 Å².